The van der Waals surface area contributed by atoms with Gasteiger partial charge in [0, 0.05) is 43.8 Å². The summed E-state index contributed by atoms with van der Waals surface area (Å²) in [5.41, 5.74) is 0.516. The number of benzene rings is 1. The van der Waals surface area contributed by atoms with E-state index in [1.807, 2.05) is 7.05 Å². The number of piperidine rings is 1. The van der Waals surface area contributed by atoms with Crippen LogP contribution in [0, 0.1) is 0 Å². The largest absolute Gasteiger partial charge is 0.339 e. The van der Waals surface area contributed by atoms with Gasteiger partial charge in [-0.1, -0.05) is 0 Å². The van der Waals surface area contributed by atoms with Crippen LogP contribution in [-0.2, 0) is 10.0 Å². The average Bonchev–Trinajstić information content (AvgIpc) is 2.59. The van der Waals surface area contributed by atoms with E-state index < -0.39 is 10.0 Å². The SMILES string of the molecule is CC(C)NS(=O)(=O)c1ccc(C(=O)N(C)C2CCN(C(C)C)CC2)cc1. The van der Waals surface area contributed by atoms with Crippen LogP contribution in [-0.4, -0.2) is 62.4 Å². The molecule has 1 N–H and O–H groups in total. The highest BCUT2D eigenvalue weighted by Gasteiger charge is 2.27. The van der Waals surface area contributed by atoms with Gasteiger partial charge in [-0.15, -0.1) is 0 Å². The molecule has 26 heavy (non-hydrogen) atoms. The Kier molecular flexibility index (Phi) is 6.82. The number of nitrogens with one attached hydrogen (secondary N) is 1. The van der Waals surface area contributed by atoms with E-state index >= 15 is 0 Å². The molecular weight excluding hydrogens is 350 g/mol. The van der Waals surface area contributed by atoms with Gasteiger partial charge in [-0.2, -0.15) is 0 Å². The van der Waals surface area contributed by atoms with Gasteiger partial charge >= 0.3 is 0 Å². The summed E-state index contributed by atoms with van der Waals surface area (Å²) in [6.45, 7) is 9.93. The van der Waals surface area contributed by atoms with E-state index in [9.17, 15) is 13.2 Å². The molecule has 0 saturated carbocycles. The van der Waals surface area contributed by atoms with Crippen LogP contribution in [0.1, 0.15) is 50.9 Å². The minimum absolute atomic E-state index is 0.0613. The van der Waals surface area contributed by atoms with Crippen LogP contribution < -0.4 is 4.72 Å². The van der Waals surface area contributed by atoms with Crippen LogP contribution in [0.2, 0.25) is 0 Å². The Morgan fingerprint density at radius 3 is 2.12 bits per heavy atom. The molecule has 1 aromatic carbocycles. The summed E-state index contributed by atoms with van der Waals surface area (Å²) in [6, 6.07) is 6.76. The van der Waals surface area contributed by atoms with Crippen LogP contribution >= 0.6 is 0 Å². The molecule has 1 heterocycles. The maximum absolute atomic E-state index is 12.7. The third-order valence-electron chi connectivity index (χ3n) is 4.90. The molecule has 1 aliphatic rings. The summed E-state index contributed by atoms with van der Waals surface area (Å²) in [7, 11) is -1.70. The Labute approximate surface area is 157 Å². The van der Waals surface area contributed by atoms with Crippen molar-refractivity contribution in [2.45, 2.75) is 63.6 Å². The van der Waals surface area contributed by atoms with Gasteiger partial charge in [0.15, 0.2) is 0 Å². The molecule has 0 spiro atoms. The second-order valence-electron chi connectivity index (χ2n) is 7.58. The standard InChI is InChI=1S/C19H31N3O3S/c1-14(2)20-26(24,25)18-8-6-16(7-9-18)19(23)21(5)17-10-12-22(13-11-17)15(3)4/h6-9,14-15,17,20H,10-13H2,1-5H3. The lowest BCUT2D eigenvalue weighted by atomic mass is 10.0. The van der Waals surface area contributed by atoms with Crippen LogP contribution in [0.3, 0.4) is 0 Å². The first kappa shape index (κ1) is 20.9. The lowest BCUT2D eigenvalue weighted by Gasteiger charge is -2.38. The van der Waals surface area contributed by atoms with Crippen molar-refractivity contribution in [2.24, 2.45) is 0 Å². The highest BCUT2D eigenvalue weighted by Crippen LogP contribution is 2.20. The Balaban J connectivity index is 2.03. The van der Waals surface area contributed by atoms with E-state index in [0.29, 0.717) is 11.6 Å². The number of hydrogen-bond acceptors (Lipinski definition) is 4. The Hall–Kier alpha value is -1.44. The molecule has 0 bridgehead atoms. The number of sulfonamides is 1. The smallest absolute Gasteiger partial charge is 0.253 e. The van der Waals surface area contributed by atoms with E-state index in [1.54, 1.807) is 30.9 Å². The fourth-order valence-corrected chi connectivity index (χ4v) is 4.57. The molecule has 1 aromatic rings. The maximum Gasteiger partial charge on any atom is 0.253 e. The topological polar surface area (TPSA) is 69.7 Å². The van der Waals surface area contributed by atoms with E-state index in [4.69, 9.17) is 0 Å². The molecule has 1 aliphatic heterocycles. The van der Waals surface area contributed by atoms with Crippen molar-refractivity contribution in [1.82, 2.24) is 14.5 Å². The van der Waals surface area contributed by atoms with Gasteiger partial charge in [-0.05, 0) is 64.8 Å². The summed E-state index contributed by atoms with van der Waals surface area (Å²) >= 11 is 0. The van der Waals surface area contributed by atoms with E-state index in [0.717, 1.165) is 25.9 Å². The lowest BCUT2D eigenvalue weighted by Crippen LogP contribution is -2.47. The van der Waals surface area contributed by atoms with Crippen LogP contribution in [0.4, 0.5) is 0 Å². The zero-order chi connectivity index (χ0) is 19.5. The third kappa shape index (κ3) is 5.05. The number of carbonyl (C=O) groups excluding carboxylic acids is 1. The van der Waals surface area contributed by atoms with Gasteiger partial charge in [-0.25, -0.2) is 13.1 Å². The molecule has 7 heteroatoms. The van der Waals surface area contributed by atoms with Crippen LogP contribution in [0.5, 0.6) is 0 Å². The van der Waals surface area contributed by atoms with E-state index in [1.165, 1.54) is 12.1 Å². The molecule has 1 saturated heterocycles. The van der Waals surface area contributed by atoms with Crippen molar-refractivity contribution in [2.75, 3.05) is 20.1 Å². The number of carbonyl (C=O) groups is 1. The lowest BCUT2D eigenvalue weighted by molar-refractivity contribution is 0.0615. The van der Waals surface area contributed by atoms with Crippen molar-refractivity contribution >= 4 is 15.9 Å². The second kappa shape index (κ2) is 8.50. The number of likely N-dealkylation sites (tertiary alicyclic amines) is 1. The first-order valence-electron chi connectivity index (χ1n) is 9.25. The predicted molar refractivity (Wildman–Crippen MR) is 104 cm³/mol. The number of rotatable bonds is 6. The predicted octanol–water partition coefficient (Wildman–Crippen LogP) is 2.32. The zero-order valence-electron chi connectivity index (χ0n) is 16.4. The fourth-order valence-electron chi connectivity index (χ4n) is 3.31. The summed E-state index contributed by atoms with van der Waals surface area (Å²) in [4.78, 5) is 17.1. The van der Waals surface area contributed by atoms with Crippen molar-refractivity contribution < 1.29 is 13.2 Å². The Morgan fingerprint density at radius 1 is 1.12 bits per heavy atom. The molecule has 6 nitrogen and oxygen atoms in total. The van der Waals surface area contributed by atoms with E-state index in [2.05, 4.69) is 23.5 Å². The molecule has 2 rings (SSSR count). The number of nitrogens with zero attached hydrogens (tertiary/aromatic N) is 2. The van der Waals surface area contributed by atoms with Crippen molar-refractivity contribution in [1.29, 1.82) is 0 Å². The molecule has 1 amide bonds. The Bertz CT molecular complexity index is 706. The molecule has 1 fully saturated rings. The molecule has 0 aliphatic carbocycles. The fraction of sp³-hybridized carbons (Fsp3) is 0.632. The van der Waals surface area contributed by atoms with Crippen molar-refractivity contribution in [3.05, 3.63) is 29.8 Å². The van der Waals surface area contributed by atoms with Gasteiger partial charge in [-0.3, -0.25) is 4.79 Å². The van der Waals surface area contributed by atoms with Gasteiger partial charge in [0.2, 0.25) is 10.0 Å². The monoisotopic (exact) mass is 381 g/mol. The minimum atomic E-state index is -3.54. The van der Waals surface area contributed by atoms with E-state index in [-0.39, 0.29) is 22.9 Å². The highest BCUT2D eigenvalue weighted by atomic mass is 32.2. The maximum atomic E-state index is 12.7. The van der Waals surface area contributed by atoms with Gasteiger partial charge in [0.1, 0.15) is 0 Å². The summed E-state index contributed by atoms with van der Waals surface area (Å²) in [5, 5.41) is 0. The van der Waals surface area contributed by atoms with Gasteiger partial charge in [0.05, 0.1) is 4.90 Å². The summed E-state index contributed by atoms with van der Waals surface area (Å²) < 4.78 is 26.9. The summed E-state index contributed by atoms with van der Waals surface area (Å²) in [6.07, 6.45) is 1.93. The molecule has 0 aromatic heterocycles. The first-order chi connectivity index (χ1) is 12.1. The molecule has 0 radical (unpaired) electrons. The number of amides is 1. The average molecular weight is 382 g/mol. The summed E-state index contributed by atoms with van der Waals surface area (Å²) in [5.74, 6) is -0.0613. The third-order valence-corrected chi connectivity index (χ3v) is 6.57. The minimum Gasteiger partial charge on any atom is -0.339 e. The van der Waals surface area contributed by atoms with Crippen LogP contribution in [0.25, 0.3) is 0 Å². The van der Waals surface area contributed by atoms with Crippen molar-refractivity contribution in [3.63, 3.8) is 0 Å². The van der Waals surface area contributed by atoms with Crippen LogP contribution in [0.15, 0.2) is 29.2 Å². The van der Waals surface area contributed by atoms with Gasteiger partial charge in [0.25, 0.3) is 5.91 Å². The normalized spacial score (nSPS) is 17.0. The highest BCUT2D eigenvalue weighted by molar-refractivity contribution is 7.89. The molecular formula is C19H31N3O3S. The molecule has 0 unspecified atom stereocenters. The first-order valence-corrected chi connectivity index (χ1v) is 10.7. The molecule has 0 atom stereocenters. The second-order valence-corrected chi connectivity index (χ2v) is 9.29. The zero-order valence-corrected chi connectivity index (χ0v) is 17.2. The molecule has 146 valence electrons. The quantitative estimate of drug-likeness (QED) is 0.821. The van der Waals surface area contributed by atoms with Crippen molar-refractivity contribution in [3.8, 4) is 0 Å². The van der Waals surface area contributed by atoms with Gasteiger partial charge < -0.3 is 9.80 Å². The Morgan fingerprint density at radius 2 is 1.65 bits per heavy atom. The number of hydrogen-bond donors (Lipinski definition) is 1.